The first-order chi connectivity index (χ1) is 12.4. The Balaban J connectivity index is 1.73. The van der Waals surface area contributed by atoms with Gasteiger partial charge in [0, 0.05) is 23.1 Å². The molecule has 0 aliphatic carbocycles. The van der Waals surface area contributed by atoms with Gasteiger partial charge in [-0.3, -0.25) is 0 Å². The molecule has 1 aromatic heterocycles. The largest absolute Gasteiger partial charge is 0.496 e. The maximum atomic E-state index is 13.3. The summed E-state index contributed by atoms with van der Waals surface area (Å²) in [4.78, 5) is 3.74. The molecule has 0 bridgehead atoms. The molecule has 1 aliphatic rings. The number of hydrogen-bond donors (Lipinski definition) is 1. The van der Waals surface area contributed by atoms with Crippen molar-refractivity contribution in [1.29, 1.82) is 0 Å². The number of H-pyrrole nitrogens is 1. The molecular formula is C20H22N2O3S. The predicted molar refractivity (Wildman–Crippen MR) is 102 cm³/mol. The van der Waals surface area contributed by atoms with Crippen molar-refractivity contribution in [3.8, 4) is 5.75 Å². The van der Waals surface area contributed by atoms with Gasteiger partial charge in [-0.05, 0) is 55.2 Å². The van der Waals surface area contributed by atoms with E-state index in [4.69, 9.17) is 4.74 Å². The standard InChI is InChI=1S/C20H22N2O3S/c1-13-11-20(14(2)10-19(13)25-3)26(23,24)22-9-8-16-15-6-4-5-7-17(15)21-18(16)12-22/h4-7,10-11,21H,8-9,12H2,1-3H3. The maximum absolute atomic E-state index is 13.3. The van der Waals surface area contributed by atoms with Crippen LogP contribution in [-0.4, -0.2) is 31.4 Å². The number of hydrogen-bond acceptors (Lipinski definition) is 3. The molecular weight excluding hydrogens is 348 g/mol. The molecule has 0 fully saturated rings. The molecule has 2 heterocycles. The van der Waals surface area contributed by atoms with Crippen LogP contribution in [0.25, 0.3) is 10.9 Å². The monoisotopic (exact) mass is 370 g/mol. The van der Waals surface area contributed by atoms with E-state index in [0.29, 0.717) is 35.7 Å². The summed E-state index contributed by atoms with van der Waals surface area (Å²) in [6.07, 6.45) is 0.715. The minimum absolute atomic E-state index is 0.357. The van der Waals surface area contributed by atoms with Crippen LogP contribution in [0.15, 0.2) is 41.3 Å². The van der Waals surface area contributed by atoms with Crippen molar-refractivity contribution < 1.29 is 13.2 Å². The van der Waals surface area contributed by atoms with Crippen LogP contribution >= 0.6 is 0 Å². The summed E-state index contributed by atoms with van der Waals surface area (Å²) in [6.45, 7) is 4.54. The summed E-state index contributed by atoms with van der Waals surface area (Å²) in [5.41, 5.74) is 4.81. The van der Waals surface area contributed by atoms with Gasteiger partial charge in [0.2, 0.25) is 10.0 Å². The fourth-order valence-electron chi connectivity index (χ4n) is 3.77. The zero-order chi connectivity index (χ0) is 18.5. The highest BCUT2D eigenvalue weighted by atomic mass is 32.2. The van der Waals surface area contributed by atoms with Crippen LogP contribution in [-0.2, 0) is 23.0 Å². The molecule has 26 heavy (non-hydrogen) atoms. The van der Waals surface area contributed by atoms with E-state index < -0.39 is 10.0 Å². The molecule has 0 atom stereocenters. The summed E-state index contributed by atoms with van der Waals surface area (Å²) in [5, 5.41) is 1.19. The van der Waals surface area contributed by atoms with Crippen LogP contribution < -0.4 is 4.74 Å². The highest BCUT2D eigenvalue weighted by Gasteiger charge is 2.31. The third-order valence-electron chi connectivity index (χ3n) is 5.16. The van der Waals surface area contributed by atoms with Crippen molar-refractivity contribution in [2.24, 2.45) is 0 Å². The van der Waals surface area contributed by atoms with Gasteiger partial charge in [0.25, 0.3) is 0 Å². The van der Waals surface area contributed by atoms with Gasteiger partial charge < -0.3 is 9.72 Å². The summed E-state index contributed by atoms with van der Waals surface area (Å²) in [7, 11) is -1.97. The summed E-state index contributed by atoms with van der Waals surface area (Å²) >= 11 is 0. The van der Waals surface area contributed by atoms with Crippen LogP contribution in [0.3, 0.4) is 0 Å². The zero-order valence-corrected chi connectivity index (χ0v) is 16.0. The van der Waals surface area contributed by atoms with Gasteiger partial charge in [-0.25, -0.2) is 8.42 Å². The predicted octanol–water partition coefficient (Wildman–Crippen LogP) is 3.54. The van der Waals surface area contributed by atoms with Crippen LogP contribution in [0.4, 0.5) is 0 Å². The quantitative estimate of drug-likeness (QED) is 0.767. The zero-order valence-electron chi connectivity index (χ0n) is 15.2. The number of rotatable bonds is 3. The Bertz CT molecular complexity index is 1100. The minimum atomic E-state index is -3.56. The topological polar surface area (TPSA) is 62.4 Å². The van der Waals surface area contributed by atoms with Crippen molar-refractivity contribution in [3.05, 3.63) is 58.8 Å². The van der Waals surface area contributed by atoms with Crippen LogP contribution in [0.2, 0.25) is 0 Å². The lowest BCUT2D eigenvalue weighted by Crippen LogP contribution is -2.36. The third kappa shape index (κ3) is 2.61. The van der Waals surface area contributed by atoms with Crippen LogP contribution in [0, 0.1) is 13.8 Å². The van der Waals surface area contributed by atoms with Gasteiger partial charge in [-0.15, -0.1) is 0 Å². The van der Waals surface area contributed by atoms with Gasteiger partial charge in [0.15, 0.2) is 0 Å². The van der Waals surface area contributed by atoms with E-state index in [1.807, 2.05) is 32.0 Å². The molecule has 0 unspecified atom stereocenters. The first-order valence-corrected chi connectivity index (χ1v) is 10.1. The van der Waals surface area contributed by atoms with Crippen molar-refractivity contribution >= 4 is 20.9 Å². The molecule has 1 aliphatic heterocycles. The number of aryl methyl sites for hydroxylation is 2. The van der Waals surface area contributed by atoms with Gasteiger partial charge in [0.05, 0.1) is 18.6 Å². The molecule has 136 valence electrons. The normalized spacial score (nSPS) is 15.2. The number of nitrogens with one attached hydrogen (secondary N) is 1. The first-order valence-electron chi connectivity index (χ1n) is 8.65. The van der Waals surface area contributed by atoms with Gasteiger partial charge in [-0.2, -0.15) is 4.31 Å². The van der Waals surface area contributed by atoms with E-state index in [1.54, 1.807) is 23.5 Å². The molecule has 0 saturated carbocycles. The molecule has 5 nitrogen and oxygen atoms in total. The molecule has 4 rings (SSSR count). The lowest BCUT2D eigenvalue weighted by Gasteiger charge is -2.27. The number of para-hydroxylation sites is 1. The molecule has 0 spiro atoms. The SMILES string of the molecule is COc1cc(C)c(S(=O)(=O)N2CCc3c([nH]c4ccccc34)C2)cc1C. The second-order valence-corrected chi connectivity index (χ2v) is 8.71. The highest BCUT2D eigenvalue weighted by molar-refractivity contribution is 7.89. The Morgan fingerprint density at radius 2 is 1.88 bits per heavy atom. The van der Waals surface area contributed by atoms with E-state index >= 15 is 0 Å². The Labute approximate surface area is 153 Å². The summed E-state index contributed by atoms with van der Waals surface area (Å²) in [6, 6.07) is 11.6. The maximum Gasteiger partial charge on any atom is 0.243 e. The number of aromatic nitrogens is 1. The minimum Gasteiger partial charge on any atom is -0.496 e. The number of nitrogens with zero attached hydrogens (tertiary/aromatic N) is 1. The number of sulfonamides is 1. The second-order valence-electron chi connectivity index (χ2n) is 6.80. The number of aromatic amines is 1. The lowest BCUT2D eigenvalue weighted by atomic mass is 10.1. The van der Waals surface area contributed by atoms with Crippen molar-refractivity contribution in [1.82, 2.24) is 9.29 Å². The van der Waals surface area contributed by atoms with Crippen LogP contribution in [0.1, 0.15) is 22.4 Å². The summed E-state index contributed by atoms with van der Waals surface area (Å²) < 4.78 is 33.4. The fraction of sp³-hybridized carbons (Fsp3) is 0.300. The molecule has 0 radical (unpaired) electrons. The molecule has 2 aromatic carbocycles. The lowest BCUT2D eigenvalue weighted by molar-refractivity contribution is 0.387. The number of methoxy groups -OCH3 is 1. The summed E-state index contributed by atoms with van der Waals surface area (Å²) in [5.74, 6) is 0.706. The van der Waals surface area contributed by atoms with Gasteiger partial charge >= 0.3 is 0 Å². The van der Waals surface area contributed by atoms with E-state index in [1.165, 1.54) is 10.9 Å². The molecule has 0 amide bonds. The first kappa shape index (κ1) is 17.1. The highest BCUT2D eigenvalue weighted by Crippen LogP contribution is 2.32. The number of ether oxygens (including phenoxy) is 1. The van der Waals surface area contributed by atoms with E-state index in [-0.39, 0.29) is 0 Å². The van der Waals surface area contributed by atoms with E-state index in [2.05, 4.69) is 11.1 Å². The van der Waals surface area contributed by atoms with Crippen molar-refractivity contribution in [3.63, 3.8) is 0 Å². The molecule has 6 heteroatoms. The van der Waals surface area contributed by atoms with E-state index in [0.717, 1.165) is 16.8 Å². The van der Waals surface area contributed by atoms with Crippen LogP contribution in [0.5, 0.6) is 5.75 Å². The molecule has 3 aromatic rings. The Morgan fingerprint density at radius 3 is 2.65 bits per heavy atom. The van der Waals surface area contributed by atoms with Crippen molar-refractivity contribution in [2.45, 2.75) is 31.7 Å². The van der Waals surface area contributed by atoms with E-state index in [9.17, 15) is 8.42 Å². The number of fused-ring (bicyclic) bond motifs is 3. The Morgan fingerprint density at radius 1 is 1.12 bits per heavy atom. The second kappa shape index (κ2) is 6.14. The average molecular weight is 370 g/mol. The molecule has 1 N–H and O–H groups in total. The van der Waals surface area contributed by atoms with Gasteiger partial charge in [-0.1, -0.05) is 18.2 Å². The third-order valence-corrected chi connectivity index (χ3v) is 7.15. The smallest absolute Gasteiger partial charge is 0.243 e. The van der Waals surface area contributed by atoms with Gasteiger partial charge in [0.1, 0.15) is 5.75 Å². The average Bonchev–Trinajstić information content (AvgIpc) is 3.01. The van der Waals surface area contributed by atoms with Crippen molar-refractivity contribution in [2.75, 3.05) is 13.7 Å². The fourth-order valence-corrected chi connectivity index (χ4v) is 5.47. The molecule has 0 saturated heterocycles. The Kier molecular flexibility index (Phi) is 4.04. The number of benzene rings is 2. The Hall–Kier alpha value is -2.31.